The van der Waals surface area contributed by atoms with Gasteiger partial charge in [0, 0.05) is 16.3 Å². The number of nitrogens with two attached hydrogens (primary N) is 1. The van der Waals surface area contributed by atoms with Crippen LogP contribution in [0.25, 0.3) is 21.8 Å². The minimum atomic E-state index is -4.50. The van der Waals surface area contributed by atoms with Gasteiger partial charge in [0.2, 0.25) is 0 Å². The summed E-state index contributed by atoms with van der Waals surface area (Å²) < 4.78 is 52.0. The van der Waals surface area contributed by atoms with Crippen LogP contribution in [0.3, 0.4) is 0 Å². The molecule has 0 unspecified atom stereocenters. The Labute approximate surface area is 115 Å². The molecular formula is C14H8F4N2O. The number of alkyl halides is 3. The van der Waals surface area contributed by atoms with Crippen LogP contribution in [0, 0.1) is 5.82 Å². The molecule has 0 saturated heterocycles. The molecule has 1 amide bonds. The van der Waals surface area contributed by atoms with Crippen LogP contribution in [-0.4, -0.2) is 10.9 Å². The van der Waals surface area contributed by atoms with Crippen LogP contribution in [0.1, 0.15) is 15.9 Å². The molecule has 0 radical (unpaired) electrons. The number of benzene rings is 2. The van der Waals surface area contributed by atoms with E-state index in [2.05, 4.69) is 4.98 Å². The molecule has 108 valence electrons. The molecule has 1 heterocycles. The Bertz CT molecular complexity index is 880. The van der Waals surface area contributed by atoms with E-state index in [0.717, 1.165) is 18.2 Å². The van der Waals surface area contributed by atoms with Crippen LogP contribution in [0.15, 0.2) is 30.3 Å². The fourth-order valence-electron chi connectivity index (χ4n) is 2.35. The molecule has 21 heavy (non-hydrogen) atoms. The predicted octanol–water partition coefficient (Wildman–Crippen LogP) is 3.58. The van der Waals surface area contributed by atoms with Crippen molar-refractivity contribution >= 4 is 27.7 Å². The van der Waals surface area contributed by atoms with E-state index in [-0.39, 0.29) is 27.4 Å². The van der Waals surface area contributed by atoms with Crippen molar-refractivity contribution in [3.63, 3.8) is 0 Å². The highest BCUT2D eigenvalue weighted by Crippen LogP contribution is 2.35. The molecule has 0 fully saturated rings. The highest BCUT2D eigenvalue weighted by molar-refractivity contribution is 6.14. The minimum absolute atomic E-state index is 0.0242. The molecule has 3 N–H and O–H groups in total. The van der Waals surface area contributed by atoms with Gasteiger partial charge < -0.3 is 10.7 Å². The van der Waals surface area contributed by atoms with E-state index in [1.165, 1.54) is 12.1 Å². The van der Waals surface area contributed by atoms with Crippen molar-refractivity contribution < 1.29 is 22.4 Å². The summed E-state index contributed by atoms with van der Waals surface area (Å²) in [6.07, 6.45) is -4.50. The van der Waals surface area contributed by atoms with Gasteiger partial charge in [-0.25, -0.2) is 4.39 Å². The van der Waals surface area contributed by atoms with Crippen molar-refractivity contribution in [2.24, 2.45) is 5.73 Å². The zero-order valence-electron chi connectivity index (χ0n) is 10.4. The summed E-state index contributed by atoms with van der Waals surface area (Å²) in [6.45, 7) is 0. The molecule has 3 rings (SSSR count). The number of hydrogen-bond donors (Lipinski definition) is 2. The summed E-state index contributed by atoms with van der Waals surface area (Å²) >= 11 is 0. The highest BCUT2D eigenvalue weighted by Gasteiger charge is 2.31. The van der Waals surface area contributed by atoms with E-state index < -0.39 is 23.5 Å². The third kappa shape index (κ3) is 2.01. The van der Waals surface area contributed by atoms with Crippen LogP contribution >= 0.6 is 0 Å². The molecule has 2 aromatic carbocycles. The first-order valence-electron chi connectivity index (χ1n) is 5.90. The zero-order chi connectivity index (χ0) is 15.4. The van der Waals surface area contributed by atoms with Crippen molar-refractivity contribution in [2.45, 2.75) is 6.18 Å². The lowest BCUT2D eigenvalue weighted by atomic mass is 10.1. The molecule has 3 nitrogen and oxygen atoms in total. The molecule has 0 atom stereocenters. The molecule has 0 aliphatic heterocycles. The number of halogens is 4. The van der Waals surface area contributed by atoms with Crippen LogP contribution in [0.5, 0.6) is 0 Å². The zero-order valence-corrected chi connectivity index (χ0v) is 10.4. The highest BCUT2D eigenvalue weighted by atomic mass is 19.4. The molecular weight excluding hydrogens is 288 g/mol. The van der Waals surface area contributed by atoms with E-state index in [1.807, 2.05) is 0 Å². The second-order valence-electron chi connectivity index (χ2n) is 4.59. The molecule has 0 bridgehead atoms. The second-order valence-corrected chi connectivity index (χ2v) is 4.59. The van der Waals surface area contributed by atoms with Gasteiger partial charge in [-0.2, -0.15) is 13.2 Å². The lowest BCUT2D eigenvalue weighted by Crippen LogP contribution is -2.11. The predicted molar refractivity (Wildman–Crippen MR) is 69.3 cm³/mol. The summed E-state index contributed by atoms with van der Waals surface area (Å²) in [4.78, 5) is 14.0. The Morgan fingerprint density at radius 1 is 1.14 bits per heavy atom. The Balaban J connectivity index is 2.42. The number of carbonyl (C=O) groups is 1. The monoisotopic (exact) mass is 296 g/mol. The number of H-pyrrole nitrogens is 1. The van der Waals surface area contributed by atoms with Gasteiger partial charge in [-0.15, -0.1) is 0 Å². The topological polar surface area (TPSA) is 58.9 Å². The van der Waals surface area contributed by atoms with Crippen LogP contribution in [0.4, 0.5) is 17.6 Å². The molecule has 7 heteroatoms. The Kier molecular flexibility index (Phi) is 2.69. The van der Waals surface area contributed by atoms with Crippen LogP contribution in [-0.2, 0) is 6.18 Å². The Morgan fingerprint density at radius 2 is 1.86 bits per heavy atom. The van der Waals surface area contributed by atoms with Crippen molar-refractivity contribution in [1.82, 2.24) is 4.98 Å². The van der Waals surface area contributed by atoms with Gasteiger partial charge >= 0.3 is 6.18 Å². The van der Waals surface area contributed by atoms with Crippen LogP contribution < -0.4 is 5.73 Å². The number of amides is 1. The summed E-state index contributed by atoms with van der Waals surface area (Å²) in [5, 5.41) is 0.314. The largest absolute Gasteiger partial charge is 0.416 e. The molecule has 0 spiro atoms. The smallest absolute Gasteiger partial charge is 0.366 e. The van der Waals surface area contributed by atoms with Gasteiger partial charge in [-0.3, -0.25) is 4.79 Å². The van der Waals surface area contributed by atoms with Crippen molar-refractivity contribution in [2.75, 3.05) is 0 Å². The van der Waals surface area contributed by atoms with Gasteiger partial charge in [-0.05, 0) is 24.3 Å². The molecule has 1 aromatic heterocycles. The standard InChI is InChI=1S/C14H8F4N2O/c15-9-4-3-8(13(19)21)12-11(9)7-2-1-6(14(16,17)18)5-10(7)20-12/h1-5,20H,(H2,19,21). The van der Waals surface area contributed by atoms with Gasteiger partial charge in [0.25, 0.3) is 5.91 Å². The summed E-state index contributed by atoms with van der Waals surface area (Å²) in [5.41, 5.74) is 4.54. The summed E-state index contributed by atoms with van der Waals surface area (Å²) in [5.74, 6) is -1.43. The number of primary amides is 1. The molecule has 0 aliphatic rings. The quantitative estimate of drug-likeness (QED) is 0.662. The maximum absolute atomic E-state index is 13.9. The third-order valence-corrected chi connectivity index (χ3v) is 3.30. The molecule has 3 aromatic rings. The second kappa shape index (κ2) is 4.21. The van der Waals surface area contributed by atoms with E-state index in [4.69, 9.17) is 5.73 Å². The summed E-state index contributed by atoms with van der Waals surface area (Å²) in [7, 11) is 0. The number of fused-ring (bicyclic) bond motifs is 3. The molecule has 0 saturated carbocycles. The van der Waals surface area contributed by atoms with Crippen molar-refractivity contribution in [3.8, 4) is 0 Å². The fourth-order valence-corrected chi connectivity index (χ4v) is 2.35. The summed E-state index contributed by atoms with van der Waals surface area (Å²) in [6, 6.07) is 5.17. The average molecular weight is 296 g/mol. The number of aromatic amines is 1. The van der Waals surface area contributed by atoms with E-state index in [0.29, 0.717) is 0 Å². The first-order valence-corrected chi connectivity index (χ1v) is 5.90. The van der Waals surface area contributed by atoms with E-state index >= 15 is 0 Å². The minimum Gasteiger partial charge on any atom is -0.366 e. The average Bonchev–Trinajstić information content (AvgIpc) is 2.76. The van der Waals surface area contributed by atoms with Crippen LogP contribution in [0.2, 0.25) is 0 Å². The molecule has 0 aliphatic carbocycles. The van der Waals surface area contributed by atoms with E-state index in [9.17, 15) is 22.4 Å². The van der Waals surface area contributed by atoms with Gasteiger partial charge in [0.1, 0.15) is 5.82 Å². The third-order valence-electron chi connectivity index (χ3n) is 3.30. The van der Waals surface area contributed by atoms with Gasteiger partial charge in [0.05, 0.1) is 16.6 Å². The Hall–Kier alpha value is -2.57. The van der Waals surface area contributed by atoms with E-state index in [1.54, 1.807) is 0 Å². The van der Waals surface area contributed by atoms with Gasteiger partial charge in [-0.1, -0.05) is 6.07 Å². The number of aromatic nitrogens is 1. The number of rotatable bonds is 1. The SMILES string of the molecule is NC(=O)c1ccc(F)c2c1[nH]c1cc(C(F)(F)F)ccc12. The normalized spacial score (nSPS) is 12.2. The fraction of sp³-hybridized carbons (Fsp3) is 0.0714. The first kappa shape index (κ1) is 13.4. The lowest BCUT2D eigenvalue weighted by molar-refractivity contribution is -0.137. The maximum atomic E-state index is 13.9. The first-order chi connectivity index (χ1) is 9.79. The number of carbonyl (C=O) groups excluding carboxylic acids is 1. The lowest BCUT2D eigenvalue weighted by Gasteiger charge is -2.05. The maximum Gasteiger partial charge on any atom is 0.416 e. The van der Waals surface area contributed by atoms with Crippen molar-refractivity contribution in [1.29, 1.82) is 0 Å². The van der Waals surface area contributed by atoms with Gasteiger partial charge in [0.15, 0.2) is 0 Å². The Morgan fingerprint density at radius 3 is 2.48 bits per heavy atom. The number of nitrogens with one attached hydrogen (secondary N) is 1. The number of hydrogen-bond acceptors (Lipinski definition) is 1. The van der Waals surface area contributed by atoms with Crippen molar-refractivity contribution in [3.05, 3.63) is 47.3 Å².